The molecule has 2 amide bonds. The van der Waals surface area contributed by atoms with Gasteiger partial charge in [0.1, 0.15) is 23.6 Å². The number of para-hydroxylation sites is 2. The number of benzene rings is 1. The van der Waals surface area contributed by atoms with Gasteiger partial charge in [0.2, 0.25) is 0 Å². The van der Waals surface area contributed by atoms with Gasteiger partial charge >= 0.3 is 6.09 Å². The SMILES string of the molecule is CCOC(=O)N1CCN(C(=O)c2cc(Nc3ccccc3OCC)ncn2)CC1. The summed E-state index contributed by atoms with van der Waals surface area (Å²) in [6.07, 6.45) is 1.01. The average Bonchev–Trinajstić information content (AvgIpc) is 2.75. The second-order valence-corrected chi connectivity index (χ2v) is 6.32. The summed E-state index contributed by atoms with van der Waals surface area (Å²) >= 11 is 0. The molecule has 0 spiro atoms. The number of nitrogens with zero attached hydrogens (tertiary/aromatic N) is 4. The number of nitrogens with one attached hydrogen (secondary N) is 1. The van der Waals surface area contributed by atoms with Crippen molar-refractivity contribution >= 4 is 23.5 Å². The number of carbonyl (C=O) groups is 2. The van der Waals surface area contributed by atoms with Crippen molar-refractivity contribution in [1.82, 2.24) is 19.8 Å². The molecular weight excluding hydrogens is 374 g/mol. The number of rotatable bonds is 6. The van der Waals surface area contributed by atoms with E-state index in [4.69, 9.17) is 9.47 Å². The molecule has 9 heteroatoms. The highest BCUT2D eigenvalue weighted by Crippen LogP contribution is 2.26. The van der Waals surface area contributed by atoms with Gasteiger partial charge in [-0.3, -0.25) is 4.79 Å². The zero-order valence-corrected chi connectivity index (χ0v) is 16.6. The Labute approximate surface area is 169 Å². The highest BCUT2D eigenvalue weighted by atomic mass is 16.6. The van der Waals surface area contributed by atoms with E-state index in [1.165, 1.54) is 6.33 Å². The van der Waals surface area contributed by atoms with Crippen LogP contribution in [0.5, 0.6) is 5.75 Å². The highest BCUT2D eigenvalue weighted by molar-refractivity contribution is 5.93. The van der Waals surface area contributed by atoms with E-state index in [0.29, 0.717) is 56.7 Å². The Morgan fingerprint density at radius 3 is 2.48 bits per heavy atom. The second kappa shape index (κ2) is 9.72. The summed E-state index contributed by atoms with van der Waals surface area (Å²) in [6, 6.07) is 9.14. The average molecular weight is 399 g/mol. The number of aromatic nitrogens is 2. The number of piperazine rings is 1. The molecule has 1 aliphatic rings. The minimum absolute atomic E-state index is 0.197. The quantitative estimate of drug-likeness (QED) is 0.797. The second-order valence-electron chi connectivity index (χ2n) is 6.32. The van der Waals surface area contributed by atoms with Gasteiger partial charge in [-0.05, 0) is 26.0 Å². The summed E-state index contributed by atoms with van der Waals surface area (Å²) < 4.78 is 10.6. The zero-order chi connectivity index (χ0) is 20.6. The van der Waals surface area contributed by atoms with Crippen molar-refractivity contribution in [1.29, 1.82) is 0 Å². The topological polar surface area (TPSA) is 96.9 Å². The molecule has 1 aliphatic heterocycles. The molecule has 2 aromatic rings. The third-order valence-corrected chi connectivity index (χ3v) is 4.43. The Bertz CT molecular complexity index is 852. The number of amides is 2. The zero-order valence-electron chi connectivity index (χ0n) is 16.6. The van der Waals surface area contributed by atoms with E-state index in [0.717, 1.165) is 5.69 Å². The maximum atomic E-state index is 12.8. The van der Waals surface area contributed by atoms with Gasteiger partial charge in [-0.15, -0.1) is 0 Å². The fraction of sp³-hybridized carbons (Fsp3) is 0.400. The lowest BCUT2D eigenvalue weighted by Crippen LogP contribution is -2.50. The summed E-state index contributed by atoms with van der Waals surface area (Å²) in [5.74, 6) is 1.01. The van der Waals surface area contributed by atoms with Crippen molar-refractivity contribution < 1.29 is 19.1 Å². The van der Waals surface area contributed by atoms with Crippen LogP contribution in [-0.4, -0.2) is 71.2 Å². The molecule has 29 heavy (non-hydrogen) atoms. The third-order valence-electron chi connectivity index (χ3n) is 4.43. The predicted octanol–water partition coefficient (Wildman–Crippen LogP) is 2.53. The maximum Gasteiger partial charge on any atom is 0.409 e. The predicted molar refractivity (Wildman–Crippen MR) is 107 cm³/mol. The molecule has 0 saturated carbocycles. The van der Waals surface area contributed by atoms with Gasteiger partial charge < -0.3 is 24.6 Å². The molecule has 0 radical (unpaired) electrons. The van der Waals surface area contributed by atoms with E-state index in [-0.39, 0.29) is 12.0 Å². The first-order valence-electron chi connectivity index (χ1n) is 9.64. The molecule has 1 aromatic heterocycles. The molecule has 3 rings (SSSR count). The molecule has 0 aliphatic carbocycles. The molecule has 1 saturated heterocycles. The maximum absolute atomic E-state index is 12.8. The van der Waals surface area contributed by atoms with E-state index in [2.05, 4.69) is 15.3 Å². The Morgan fingerprint density at radius 2 is 1.76 bits per heavy atom. The first kappa shape index (κ1) is 20.4. The Hall–Kier alpha value is -3.36. The van der Waals surface area contributed by atoms with Crippen LogP contribution in [0.3, 0.4) is 0 Å². The van der Waals surface area contributed by atoms with Crippen LogP contribution in [0, 0.1) is 0 Å². The van der Waals surface area contributed by atoms with Crippen LogP contribution < -0.4 is 10.1 Å². The number of hydrogen-bond donors (Lipinski definition) is 1. The molecule has 9 nitrogen and oxygen atoms in total. The van der Waals surface area contributed by atoms with E-state index < -0.39 is 0 Å². The van der Waals surface area contributed by atoms with Crippen molar-refractivity contribution in [3.05, 3.63) is 42.4 Å². The standard InChI is InChI=1S/C20H25N5O4/c1-3-28-17-8-6-5-7-15(17)23-18-13-16(21-14-22-18)19(26)24-9-11-25(12-10-24)20(27)29-4-2/h5-8,13-14H,3-4,9-12H2,1-2H3,(H,21,22,23). The summed E-state index contributed by atoms with van der Waals surface area (Å²) in [7, 11) is 0. The largest absolute Gasteiger partial charge is 0.492 e. The smallest absolute Gasteiger partial charge is 0.409 e. The van der Waals surface area contributed by atoms with Gasteiger partial charge in [0.25, 0.3) is 5.91 Å². The van der Waals surface area contributed by atoms with Crippen molar-refractivity contribution in [3.8, 4) is 5.75 Å². The monoisotopic (exact) mass is 399 g/mol. The van der Waals surface area contributed by atoms with Gasteiger partial charge in [-0.1, -0.05) is 12.1 Å². The summed E-state index contributed by atoms with van der Waals surface area (Å²) in [4.78, 5) is 36.2. The summed E-state index contributed by atoms with van der Waals surface area (Å²) in [6.45, 7) is 6.29. The Kier molecular flexibility index (Phi) is 6.83. The van der Waals surface area contributed by atoms with Crippen LogP contribution in [0.1, 0.15) is 24.3 Å². The fourth-order valence-corrected chi connectivity index (χ4v) is 3.00. The molecular formula is C20H25N5O4. The van der Waals surface area contributed by atoms with E-state index >= 15 is 0 Å². The van der Waals surface area contributed by atoms with Gasteiger partial charge in [-0.25, -0.2) is 14.8 Å². The van der Waals surface area contributed by atoms with Crippen LogP contribution in [0.25, 0.3) is 0 Å². The number of hydrogen-bond acceptors (Lipinski definition) is 7. The van der Waals surface area contributed by atoms with Crippen molar-refractivity contribution in [2.24, 2.45) is 0 Å². The lowest BCUT2D eigenvalue weighted by molar-refractivity contribution is 0.0566. The van der Waals surface area contributed by atoms with E-state index in [9.17, 15) is 9.59 Å². The van der Waals surface area contributed by atoms with Crippen LogP contribution in [0.4, 0.5) is 16.3 Å². The van der Waals surface area contributed by atoms with Crippen molar-refractivity contribution in [2.45, 2.75) is 13.8 Å². The summed E-state index contributed by atoms with van der Waals surface area (Å²) in [5, 5.41) is 3.18. The minimum atomic E-state index is -0.346. The molecule has 154 valence electrons. The molecule has 0 unspecified atom stereocenters. The molecule has 1 aromatic carbocycles. The van der Waals surface area contributed by atoms with Crippen LogP contribution in [0.15, 0.2) is 36.7 Å². The number of anilines is 2. The Morgan fingerprint density at radius 1 is 1.03 bits per heavy atom. The number of ether oxygens (including phenoxy) is 2. The summed E-state index contributed by atoms with van der Waals surface area (Å²) in [5.41, 5.74) is 1.05. The molecule has 2 heterocycles. The molecule has 0 atom stereocenters. The van der Waals surface area contributed by atoms with Crippen LogP contribution in [0.2, 0.25) is 0 Å². The first-order valence-corrected chi connectivity index (χ1v) is 9.64. The van der Waals surface area contributed by atoms with Crippen LogP contribution >= 0.6 is 0 Å². The normalized spacial score (nSPS) is 13.7. The van der Waals surface area contributed by atoms with Gasteiger partial charge in [0.05, 0.1) is 18.9 Å². The highest BCUT2D eigenvalue weighted by Gasteiger charge is 2.26. The Balaban J connectivity index is 1.65. The van der Waals surface area contributed by atoms with Gasteiger partial charge in [0.15, 0.2) is 0 Å². The molecule has 1 N–H and O–H groups in total. The van der Waals surface area contributed by atoms with Gasteiger partial charge in [-0.2, -0.15) is 0 Å². The van der Waals surface area contributed by atoms with E-state index in [1.54, 1.807) is 22.8 Å². The number of carbonyl (C=O) groups excluding carboxylic acids is 2. The van der Waals surface area contributed by atoms with Gasteiger partial charge in [0, 0.05) is 32.2 Å². The lowest BCUT2D eigenvalue weighted by atomic mass is 10.2. The van der Waals surface area contributed by atoms with Crippen LogP contribution in [-0.2, 0) is 4.74 Å². The minimum Gasteiger partial charge on any atom is -0.492 e. The fourth-order valence-electron chi connectivity index (χ4n) is 3.00. The first-order chi connectivity index (χ1) is 14.1. The molecule has 1 fully saturated rings. The van der Waals surface area contributed by atoms with Crippen molar-refractivity contribution in [2.75, 3.05) is 44.7 Å². The third kappa shape index (κ3) is 5.13. The van der Waals surface area contributed by atoms with E-state index in [1.807, 2.05) is 31.2 Å². The van der Waals surface area contributed by atoms with Crippen molar-refractivity contribution in [3.63, 3.8) is 0 Å². The lowest BCUT2D eigenvalue weighted by Gasteiger charge is -2.33. The molecule has 0 bridgehead atoms.